The quantitative estimate of drug-likeness (QED) is 0.773. The van der Waals surface area contributed by atoms with Gasteiger partial charge in [0.15, 0.2) is 0 Å². The van der Waals surface area contributed by atoms with Crippen LogP contribution in [0, 0.1) is 12.8 Å². The number of carboxylic acid groups (broad SMARTS) is 1. The molecule has 2 aromatic rings. The minimum Gasteiger partial charge on any atom is -0.481 e. The number of aliphatic carboxylic acids is 1. The van der Waals surface area contributed by atoms with Gasteiger partial charge in [0, 0.05) is 30.0 Å². The van der Waals surface area contributed by atoms with Gasteiger partial charge in [0.25, 0.3) is 5.91 Å². The number of hydrogen-bond acceptors (Lipinski definition) is 3. The maximum absolute atomic E-state index is 12.5. The summed E-state index contributed by atoms with van der Waals surface area (Å²) in [6.07, 6.45) is 0.446. The summed E-state index contributed by atoms with van der Waals surface area (Å²) in [4.78, 5) is 37.5. The van der Waals surface area contributed by atoms with E-state index in [1.807, 2.05) is 18.2 Å². The first-order valence-electron chi connectivity index (χ1n) is 8.70. The van der Waals surface area contributed by atoms with Gasteiger partial charge >= 0.3 is 12.0 Å². The summed E-state index contributed by atoms with van der Waals surface area (Å²) in [5.74, 6) is -1.68. The van der Waals surface area contributed by atoms with E-state index in [2.05, 4.69) is 10.6 Å². The average molecular weight is 367 g/mol. The first-order chi connectivity index (χ1) is 13.0. The molecule has 1 fully saturated rings. The molecule has 1 saturated heterocycles. The number of nitrogens with zero attached hydrogens (tertiary/aromatic N) is 1. The lowest BCUT2D eigenvalue weighted by molar-refractivity contribution is -0.141. The Kier molecular flexibility index (Phi) is 5.40. The van der Waals surface area contributed by atoms with E-state index in [4.69, 9.17) is 5.11 Å². The molecule has 1 aliphatic heterocycles. The van der Waals surface area contributed by atoms with Crippen LogP contribution in [0.5, 0.6) is 0 Å². The van der Waals surface area contributed by atoms with Crippen molar-refractivity contribution in [3.05, 3.63) is 59.7 Å². The van der Waals surface area contributed by atoms with Crippen LogP contribution >= 0.6 is 0 Å². The molecular weight excluding hydrogens is 346 g/mol. The molecule has 3 N–H and O–H groups in total. The third-order valence-electron chi connectivity index (χ3n) is 4.68. The highest BCUT2D eigenvalue weighted by Crippen LogP contribution is 2.22. The van der Waals surface area contributed by atoms with Crippen LogP contribution in [-0.2, 0) is 4.79 Å². The third kappa shape index (κ3) is 4.25. The molecule has 0 bridgehead atoms. The van der Waals surface area contributed by atoms with Crippen molar-refractivity contribution in [3.63, 3.8) is 0 Å². The van der Waals surface area contributed by atoms with E-state index in [0.717, 1.165) is 0 Å². The second kappa shape index (κ2) is 7.90. The Morgan fingerprint density at radius 2 is 1.78 bits per heavy atom. The minimum absolute atomic E-state index is 0.189. The molecule has 7 heteroatoms. The number of carbonyl (C=O) groups is 3. The highest BCUT2D eigenvalue weighted by molar-refractivity contribution is 6.06. The summed E-state index contributed by atoms with van der Waals surface area (Å²) in [6.45, 7) is 2.35. The van der Waals surface area contributed by atoms with Crippen LogP contribution in [0.15, 0.2) is 48.5 Å². The summed E-state index contributed by atoms with van der Waals surface area (Å²) < 4.78 is 0. The molecule has 27 heavy (non-hydrogen) atoms. The smallest absolute Gasteiger partial charge is 0.321 e. The number of likely N-dealkylation sites (tertiary alicyclic amines) is 1. The summed E-state index contributed by atoms with van der Waals surface area (Å²) >= 11 is 0. The molecule has 3 amide bonds. The minimum atomic E-state index is -0.888. The van der Waals surface area contributed by atoms with Gasteiger partial charge in [0.1, 0.15) is 0 Å². The van der Waals surface area contributed by atoms with Crippen LogP contribution in [0.1, 0.15) is 22.3 Å². The van der Waals surface area contributed by atoms with E-state index in [1.165, 1.54) is 4.90 Å². The lowest BCUT2D eigenvalue weighted by atomic mass is 10.1. The number of benzene rings is 2. The Morgan fingerprint density at radius 1 is 1.04 bits per heavy atom. The van der Waals surface area contributed by atoms with Crippen molar-refractivity contribution in [2.24, 2.45) is 5.92 Å². The van der Waals surface area contributed by atoms with Crippen molar-refractivity contribution >= 4 is 29.3 Å². The fourth-order valence-electron chi connectivity index (χ4n) is 3.08. The topological polar surface area (TPSA) is 98.7 Å². The lowest BCUT2D eigenvalue weighted by Crippen LogP contribution is -2.34. The van der Waals surface area contributed by atoms with Gasteiger partial charge in [-0.1, -0.05) is 24.3 Å². The van der Waals surface area contributed by atoms with Gasteiger partial charge in [0.05, 0.1) is 5.92 Å². The Bertz CT molecular complexity index is 867. The molecule has 1 heterocycles. The Hall–Kier alpha value is -3.35. The number of carbonyl (C=O) groups excluding carboxylic acids is 2. The Balaban J connectivity index is 1.70. The Morgan fingerprint density at radius 3 is 2.44 bits per heavy atom. The fourth-order valence-corrected chi connectivity index (χ4v) is 3.08. The summed E-state index contributed by atoms with van der Waals surface area (Å²) in [7, 11) is 0. The van der Waals surface area contributed by atoms with Crippen molar-refractivity contribution in [1.82, 2.24) is 4.90 Å². The van der Waals surface area contributed by atoms with Gasteiger partial charge in [-0.15, -0.1) is 0 Å². The average Bonchev–Trinajstić information content (AvgIpc) is 3.15. The van der Waals surface area contributed by atoms with E-state index >= 15 is 0 Å². The van der Waals surface area contributed by atoms with Crippen LogP contribution in [0.3, 0.4) is 0 Å². The zero-order chi connectivity index (χ0) is 19.4. The molecule has 1 atom stereocenters. The standard InChI is InChI=1S/C20H21N3O4/c1-13-16(18(24)21-15-6-3-2-4-7-15)8-5-9-17(13)22-20(27)23-11-10-14(12-23)19(25)26/h2-9,14H,10-12H2,1H3,(H,21,24)(H,22,27)(H,25,26). The van der Waals surface area contributed by atoms with Crippen molar-refractivity contribution in [2.75, 3.05) is 23.7 Å². The molecule has 0 saturated carbocycles. The van der Waals surface area contributed by atoms with Crippen LogP contribution in [0.4, 0.5) is 16.2 Å². The number of hydrogen-bond donors (Lipinski definition) is 3. The molecule has 1 aliphatic rings. The molecule has 0 radical (unpaired) electrons. The van der Waals surface area contributed by atoms with Crippen LogP contribution in [0.25, 0.3) is 0 Å². The van der Waals surface area contributed by atoms with E-state index in [-0.39, 0.29) is 18.5 Å². The predicted molar refractivity (Wildman–Crippen MR) is 102 cm³/mol. The first-order valence-corrected chi connectivity index (χ1v) is 8.70. The van der Waals surface area contributed by atoms with Gasteiger partial charge in [-0.3, -0.25) is 9.59 Å². The second-order valence-electron chi connectivity index (χ2n) is 6.50. The van der Waals surface area contributed by atoms with Crippen LogP contribution in [-0.4, -0.2) is 41.0 Å². The predicted octanol–water partition coefficient (Wildman–Crippen LogP) is 3.19. The molecule has 0 spiro atoms. The first kappa shape index (κ1) is 18.4. The van der Waals surface area contributed by atoms with Gasteiger partial charge in [-0.05, 0) is 43.2 Å². The number of para-hydroxylation sites is 1. The number of anilines is 2. The van der Waals surface area contributed by atoms with Gasteiger partial charge in [-0.2, -0.15) is 0 Å². The maximum Gasteiger partial charge on any atom is 0.321 e. The highest BCUT2D eigenvalue weighted by Gasteiger charge is 2.31. The fraction of sp³-hybridized carbons (Fsp3) is 0.250. The monoisotopic (exact) mass is 367 g/mol. The highest BCUT2D eigenvalue weighted by atomic mass is 16.4. The molecule has 0 aromatic heterocycles. The number of rotatable bonds is 4. The molecule has 0 aliphatic carbocycles. The van der Waals surface area contributed by atoms with E-state index in [9.17, 15) is 14.4 Å². The lowest BCUT2D eigenvalue weighted by Gasteiger charge is -2.18. The summed E-state index contributed by atoms with van der Waals surface area (Å²) in [5, 5.41) is 14.7. The van der Waals surface area contributed by atoms with Gasteiger partial charge in [0.2, 0.25) is 0 Å². The van der Waals surface area contributed by atoms with E-state index < -0.39 is 11.9 Å². The number of amides is 3. The van der Waals surface area contributed by atoms with Crippen molar-refractivity contribution in [1.29, 1.82) is 0 Å². The van der Waals surface area contributed by atoms with Gasteiger partial charge in [-0.25, -0.2) is 4.79 Å². The van der Waals surface area contributed by atoms with Gasteiger partial charge < -0.3 is 20.6 Å². The number of nitrogens with one attached hydrogen (secondary N) is 2. The molecule has 7 nitrogen and oxygen atoms in total. The zero-order valence-corrected chi connectivity index (χ0v) is 14.9. The molecule has 2 aromatic carbocycles. The normalized spacial score (nSPS) is 16.0. The maximum atomic E-state index is 12.5. The van der Waals surface area contributed by atoms with Crippen LogP contribution in [0.2, 0.25) is 0 Å². The molecular formula is C20H21N3O4. The third-order valence-corrected chi connectivity index (χ3v) is 4.68. The number of carboxylic acids is 1. The Labute approximate surface area is 157 Å². The second-order valence-corrected chi connectivity index (χ2v) is 6.50. The molecule has 140 valence electrons. The molecule has 3 rings (SSSR count). The molecule has 1 unspecified atom stereocenters. The van der Waals surface area contributed by atoms with Crippen LogP contribution < -0.4 is 10.6 Å². The van der Waals surface area contributed by atoms with Crippen molar-refractivity contribution in [2.45, 2.75) is 13.3 Å². The SMILES string of the molecule is Cc1c(NC(=O)N2CCC(C(=O)O)C2)cccc1C(=O)Nc1ccccc1. The van der Waals surface area contributed by atoms with E-state index in [1.54, 1.807) is 37.3 Å². The summed E-state index contributed by atoms with van der Waals surface area (Å²) in [6, 6.07) is 13.9. The van der Waals surface area contributed by atoms with Crippen molar-refractivity contribution in [3.8, 4) is 0 Å². The zero-order valence-electron chi connectivity index (χ0n) is 14.9. The number of urea groups is 1. The van der Waals surface area contributed by atoms with Crippen molar-refractivity contribution < 1.29 is 19.5 Å². The summed E-state index contributed by atoms with van der Waals surface area (Å²) in [5.41, 5.74) is 2.32. The largest absolute Gasteiger partial charge is 0.481 e. The van der Waals surface area contributed by atoms with E-state index in [0.29, 0.717) is 35.5 Å².